The van der Waals surface area contributed by atoms with E-state index in [0.717, 1.165) is 5.56 Å². The van der Waals surface area contributed by atoms with Crippen LogP contribution in [0.4, 0.5) is 0 Å². The highest BCUT2D eigenvalue weighted by atomic mass is 16.5. The minimum Gasteiger partial charge on any atom is -0.455 e. The Kier molecular flexibility index (Phi) is 3.97. The van der Waals surface area contributed by atoms with Crippen LogP contribution < -0.4 is 0 Å². The van der Waals surface area contributed by atoms with Gasteiger partial charge in [-0.05, 0) is 32.9 Å². The molecule has 0 amide bonds. The summed E-state index contributed by atoms with van der Waals surface area (Å²) in [6.07, 6.45) is 0. The van der Waals surface area contributed by atoms with E-state index in [1.165, 1.54) is 0 Å². The average Bonchev–Trinajstić information content (AvgIpc) is 3.08. The number of aromatic nitrogens is 2. The van der Waals surface area contributed by atoms with Gasteiger partial charge in [0, 0.05) is 5.56 Å². The Bertz CT molecular complexity index is 814. The number of oxazole rings is 1. The molecule has 2 aromatic heterocycles. The summed E-state index contributed by atoms with van der Waals surface area (Å²) in [4.78, 5) is 16.5. The smallest absolute Gasteiger partial charge is 0.344 e. The predicted octanol–water partition coefficient (Wildman–Crippen LogP) is 3.61. The molecule has 3 rings (SSSR count). The van der Waals surface area contributed by atoms with E-state index in [1.807, 2.05) is 30.3 Å². The van der Waals surface area contributed by atoms with E-state index < -0.39 is 5.97 Å². The van der Waals surface area contributed by atoms with Crippen LogP contribution in [0.15, 0.2) is 39.3 Å². The van der Waals surface area contributed by atoms with Crippen molar-refractivity contribution in [2.75, 3.05) is 0 Å². The van der Waals surface area contributed by atoms with Crippen LogP contribution in [0.3, 0.4) is 0 Å². The summed E-state index contributed by atoms with van der Waals surface area (Å²) in [5.41, 5.74) is 2.33. The molecule has 0 fully saturated rings. The lowest BCUT2D eigenvalue weighted by molar-refractivity contribution is 0.0464. The maximum atomic E-state index is 12.1. The zero-order valence-electron chi connectivity index (χ0n) is 13.1. The number of rotatable bonds is 4. The molecule has 3 aromatic rings. The molecule has 6 nitrogen and oxygen atoms in total. The molecule has 0 N–H and O–H groups in total. The van der Waals surface area contributed by atoms with E-state index in [9.17, 15) is 4.79 Å². The second-order valence-corrected chi connectivity index (χ2v) is 5.16. The molecular weight excluding hydrogens is 296 g/mol. The first-order chi connectivity index (χ1) is 11.1. The van der Waals surface area contributed by atoms with Crippen molar-refractivity contribution in [3.63, 3.8) is 0 Å². The molecule has 0 unspecified atom stereocenters. The summed E-state index contributed by atoms with van der Waals surface area (Å²) < 4.78 is 15.9. The molecule has 0 bridgehead atoms. The summed E-state index contributed by atoms with van der Waals surface area (Å²) in [6, 6.07) is 9.56. The van der Waals surface area contributed by atoms with E-state index >= 15 is 0 Å². The topological polar surface area (TPSA) is 78.4 Å². The zero-order valence-corrected chi connectivity index (χ0v) is 13.1. The minimum absolute atomic E-state index is 0.0328. The predicted molar refractivity (Wildman–Crippen MR) is 81.8 cm³/mol. The van der Waals surface area contributed by atoms with Crippen LogP contribution >= 0.6 is 0 Å². The molecule has 0 saturated carbocycles. The molecule has 23 heavy (non-hydrogen) atoms. The lowest BCUT2D eigenvalue weighted by Crippen LogP contribution is -2.08. The van der Waals surface area contributed by atoms with Gasteiger partial charge in [-0.25, -0.2) is 9.78 Å². The number of hydrogen-bond donors (Lipinski definition) is 0. The summed E-state index contributed by atoms with van der Waals surface area (Å²) >= 11 is 0. The number of esters is 1. The monoisotopic (exact) mass is 312 g/mol. The number of ether oxygens (including phenoxy) is 1. The highest BCUT2D eigenvalue weighted by Gasteiger charge is 2.20. The fourth-order valence-corrected chi connectivity index (χ4v) is 2.25. The van der Waals surface area contributed by atoms with Gasteiger partial charge in [0.25, 0.3) is 0 Å². The summed E-state index contributed by atoms with van der Waals surface area (Å²) in [5, 5.41) is 3.74. The fraction of sp³-hybridized carbons (Fsp3) is 0.235. The molecular formula is C17H16N2O4. The Balaban J connectivity index is 1.74. The van der Waals surface area contributed by atoms with Gasteiger partial charge in [0.15, 0.2) is 0 Å². The van der Waals surface area contributed by atoms with E-state index in [-0.39, 0.29) is 6.61 Å². The molecule has 0 aliphatic carbocycles. The van der Waals surface area contributed by atoms with Crippen molar-refractivity contribution in [3.05, 3.63) is 58.8 Å². The first kappa shape index (κ1) is 15.0. The molecule has 0 aliphatic heterocycles. The van der Waals surface area contributed by atoms with Crippen LogP contribution in [0.25, 0.3) is 11.5 Å². The van der Waals surface area contributed by atoms with Gasteiger partial charge in [-0.2, -0.15) is 0 Å². The van der Waals surface area contributed by atoms with Gasteiger partial charge in [0.2, 0.25) is 5.89 Å². The third kappa shape index (κ3) is 3.01. The molecule has 0 radical (unpaired) electrons. The van der Waals surface area contributed by atoms with Crippen molar-refractivity contribution in [1.82, 2.24) is 10.1 Å². The van der Waals surface area contributed by atoms with E-state index in [2.05, 4.69) is 10.1 Å². The Labute approximate surface area is 133 Å². The third-order valence-corrected chi connectivity index (χ3v) is 3.49. The van der Waals surface area contributed by atoms with Crippen molar-refractivity contribution < 1.29 is 18.5 Å². The largest absolute Gasteiger partial charge is 0.455 e. The summed E-state index contributed by atoms with van der Waals surface area (Å²) in [5.74, 6) is 1.08. The Morgan fingerprint density at radius 3 is 2.52 bits per heavy atom. The van der Waals surface area contributed by atoms with Crippen molar-refractivity contribution in [1.29, 1.82) is 0 Å². The van der Waals surface area contributed by atoms with Crippen LogP contribution in [-0.2, 0) is 11.3 Å². The molecule has 0 atom stereocenters. The molecule has 0 spiro atoms. The number of carbonyl (C=O) groups is 1. The number of carbonyl (C=O) groups excluding carboxylic acids is 1. The zero-order chi connectivity index (χ0) is 16.4. The van der Waals surface area contributed by atoms with Gasteiger partial charge in [0.1, 0.15) is 29.4 Å². The second-order valence-electron chi connectivity index (χ2n) is 5.16. The van der Waals surface area contributed by atoms with Crippen molar-refractivity contribution in [2.24, 2.45) is 0 Å². The maximum absolute atomic E-state index is 12.1. The first-order valence-electron chi connectivity index (χ1n) is 7.18. The molecule has 2 heterocycles. The maximum Gasteiger partial charge on any atom is 0.344 e. The number of hydrogen-bond acceptors (Lipinski definition) is 6. The minimum atomic E-state index is -0.482. The lowest BCUT2D eigenvalue weighted by Gasteiger charge is -2.02. The van der Waals surface area contributed by atoms with Gasteiger partial charge in [-0.1, -0.05) is 23.4 Å². The fourth-order valence-electron chi connectivity index (χ4n) is 2.25. The number of benzene rings is 1. The van der Waals surface area contributed by atoms with Crippen molar-refractivity contribution >= 4 is 5.97 Å². The second kappa shape index (κ2) is 6.08. The van der Waals surface area contributed by atoms with E-state index in [4.69, 9.17) is 13.7 Å². The molecule has 1 aromatic carbocycles. The lowest BCUT2D eigenvalue weighted by atomic mass is 10.2. The van der Waals surface area contributed by atoms with Crippen LogP contribution in [0, 0.1) is 20.8 Å². The van der Waals surface area contributed by atoms with Gasteiger partial charge < -0.3 is 13.7 Å². The van der Waals surface area contributed by atoms with E-state index in [0.29, 0.717) is 34.4 Å². The van der Waals surface area contributed by atoms with Gasteiger partial charge >= 0.3 is 5.97 Å². The van der Waals surface area contributed by atoms with Gasteiger partial charge in [-0.15, -0.1) is 0 Å². The first-order valence-corrected chi connectivity index (χ1v) is 7.18. The van der Waals surface area contributed by atoms with Crippen molar-refractivity contribution in [2.45, 2.75) is 27.4 Å². The Morgan fingerprint density at radius 1 is 1.13 bits per heavy atom. The van der Waals surface area contributed by atoms with Crippen LogP contribution in [0.5, 0.6) is 0 Å². The van der Waals surface area contributed by atoms with Gasteiger partial charge in [-0.3, -0.25) is 0 Å². The quantitative estimate of drug-likeness (QED) is 0.685. The molecule has 0 saturated heterocycles. The molecule has 118 valence electrons. The highest BCUT2D eigenvalue weighted by Crippen LogP contribution is 2.22. The Morgan fingerprint density at radius 2 is 1.87 bits per heavy atom. The normalized spacial score (nSPS) is 10.7. The van der Waals surface area contributed by atoms with Crippen LogP contribution in [-0.4, -0.2) is 16.1 Å². The summed E-state index contributed by atoms with van der Waals surface area (Å²) in [7, 11) is 0. The third-order valence-electron chi connectivity index (χ3n) is 3.49. The van der Waals surface area contributed by atoms with Crippen LogP contribution in [0.2, 0.25) is 0 Å². The standard InChI is InChI=1S/C17H16N2O4/c1-10-15(12(3)23-19-10)17(20)21-9-14-11(2)22-16(18-14)13-7-5-4-6-8-13/h4-8H,9H2,1-3H3. The van der Waals surface area contributed by atoms with Crippen LogP contribution in [0.1, 0.15) is 33.3 Å². The number of nitrogens with zero attached hydrogens (tertiary/aromatic N) is 2. The Hall–Kier alpha value is -2.89. The van der Waals surface area contributed by atoms with E-state index in [1.54, 1.807) is 20.8 Å². The summed E-state index contributed by atoms with van der Waals surface area (Å²) in [6.45, 7) is 5.19. The van der Waals surface area contributed by atoms with Gasteiger partial charge in [0.05, 0.1) is 5.69 Å². The average molecular weight is 312 g/mol. The highest BCUT2D eigenvalue weighted by molar-refractivity contribution is 5.91. The molecule has 6 heteroatoms. The molecule has 0 aliphatic rings. The number of aryl methyl sites for hydroxylation is 3. The van der Waals surface area contributed by atoms with Crippen molar-refractivity contribution in [3.8, 4) is 11.5 Å². The SMILES string of the molecule is Cc1noc(C)c1C(=O)OCc1nc(-c2ccccc2)oc1C.